The lowest BCUT2D eigenvalue weighted by Gasteiger charge is -2.32. The summed E-state index contributed by atoms with van der Waals surface area (Å²) in [4.78, 5) is 12.5. The number of esters is 1. The van der Waals surface area contributed by atoms with Crippen LogP contribution in [0.2, 0.25) is 5.82 Å². The van der Waals surface area contributed by atoms with Crippen LogP contribution in [0.3, 0.4) is 0 Å². The van der Waals surface area contributed by atoms with Gasteiger partial charge in [-0.1, -0.05) is 38.0 Å². The zero-order valence-electron chi connectivity index (χ0n) is 17.9. The van der Waals surface area contributed by atoms with E-state index in [-0.39, 0.29) is 18.2 Å². The fourth-order valence-electron chi connectivity index (χ4n) is 3.80. The van der Waals surface area contributed by atoms with Crippen LogP contribution in [0.15, 0.2) is 23.8 Å². The lowest BCUT2D eigenvalue weighted by atomic mass is 9.64. The molecule has 152 valence electrons. The van der Waals surface area contributed by atoms with Gasteiger partial charge in [-0.15, -0.1) is 0 Å². The molecule has 0 aromatic rings. The number of rotatable bonds is 8. The Morgan fingerprint density at radius 1 is 1.19 bits per heavy atom. The molecule has 5 heteroatoms. The van der Waals surface area contributed by atoms with Crippen LogP contribution in [0.5, 0.6) is 0 Å². The summed E-state index contributed by atoms with van der Waals surface area (Å²) in [7, 11) is -0.462. The van der Waals surface area contributed by atoms with Crippen molar-refractivity contribution < 1.29 is 18.8 Å². The number of carbonyl (C=O) groups excluding carboxylic acids is 1. The quantitative estimate of drug-likeness (QED) is 0.313. The minimum atomic E-state index is -0.462. The monoisotopic (exact) mass is 376 g/mol. The van der Waals surface area contributed by atoms with Crippen molar-refractivity contribution in [1.29, 1.82) is 0 Å². The Morgan fingerprint density at radius 2 is 1.78 bits per heavy atom. The van der Waals surface area contributed by atoms with Gasteiger partial charge in [0.1, 0.15) is 0 Å². The van der Waals surface area contributed by atoms with E-state index in [2.05, 4.69) is 13.5 Å². The van der Waals surface area contributed by atoms with Gasteiger partial charge in [0, 0.05) is 5.82 Å². The van der Waals surface area contributed by atoms with Crippen LogP contribution in [0.4, 0.5) is 0 Å². The van der Waals surface area contributed by atoms with Gasteiger partial charge in [0.15, 0.2) is 0 Å². The van der Waals surface area contributed by atoms with Gasteiger partial charge in [0.2, 0.25) is 0 Å². The molecule has 1 saturated heterocycles. The number of ether oxygens (including phenoxy) is 1. The highest BCUT2D eigenvalue weighted by Crippen LogP contribution is 2.45. The van der Waals surface area contributed by atoms with Crippen LogP contribution in [-0.4, -0.2) is 30.9 Å². The van der Waals surface area contributed by atoms with Gasteiger partial charge in [-0.2, -0.15) is 0 Å². The predicted octanol–water partition coefficient (Wildman–Crippen LogP) is 5.63. The molecule has 1 heterocycles. The average molecular weight is 376 g/mol. The molecule has 0 radical (unpaired) electrons. The molecular weight excluding hydrogens is 339 g/mol. The average Bonchev–Trinajstić information content (AvgIpc) is 2.83. The van der Waals surface area contributed by atoms with Crippen molar-refractivity contribution in [2.75, 3.05) is 6.61 Å². The Kier molecular flexibility index (Phi) is 7.76. The predicted molar refractivity (Wildman–Crippen MR) is 111 cm³/mol. The van der Waals surface area contributed by atoms with E-state index in [0.29, 0.717) is 6.61 Å². The van der Waals surface area contributed by atoms with Gasteiger partial charge < -0.3 is 14.0 Å². The van der Waals surface area contributed by atoms with Crippen molar-refractivity contribution in [2.24, 2.45) is 0 Å². The summed E-state index contributed by atoms with van der Waals surface area (Å²) in [5, 5.41) is 0. The van der Waals surface area contributed by atoms with Crippen LogP contribution < -0.4 is 0 Å². The molecule has 2 aliphatic rings. The summed E-state index contributed by atoms with van der Waals surface area (Å²) in [6.45, 7) is 14.8. The Morgan fingerprint density at radius 3 is 2.30 bits per heavy atom. The van der Waals surface area contributed by atoms with Gasteiger partial charge in [-0.05, 0) is 65.4 Å². The summed E-state index contributed by atoms with van der Waals surface area (Å²) in [5.41, 5.74) is 1.68. The smallest absolute Gasteiger partial charge is 0.466 e. The van der Waals surface area contributed by atoms with Crippen molar-refractivity contribution in [3.05, 3.63) is 23.8 Å². The zero-order valence-corrected chi connectivity index (χ0v) is 17.9. The lowest BCUT2D eigenvalue weighted by molar-refractivity contribution is -0.143. The molecular formula is C22H37BO4. The van der Waals surface area contributed by atoms with Crippen LogP contribution in [0.1, 0.15) is 86.0 Å². The lowest BCUT2D eigenvalue weighted by Crippen LogP contribution is -2.41. The number of unbranched alkanes of at least 4 members (excludes halogenated alkanes) is 1. The second-order valence-electron chi connectivity index (χ2n) is 8.83. The Bertz CT molecular complexity index is 541. The summed E-state index contributed by atoms with van der Waals surface area (Å²) >= 11 is 0. The van der Waals surface area contributed by atoms with E-state index in [1.54, 1.807) is 0 Å². The first-order valence-electron chi connectivity index (χ1n) is 10.6. The molecule has 0 amide bonds. The van der Waals surface area contributed by atoms with E-state index in [1.807, 2.05) is 33.8 Å². The SMILES string of the molecule is C=CC(=C1CCCCC1)C(CC(=O)OCCCC)B1OC(C)(C)C(C)(C)O1. The molecule has 0 bridgehead atoms. The summed E-state index contributed by atoms with van der Waals surface area (Å²) < 4.78 is 18.1. The largest absolute Gasteiger partial charge is 0.466 e. The Labute approximate surface area is 165 Å². The first-order valence-corrected chi connectivity index (χ1v) is 10.6. The first-order chi connectivity index (χ1) is 12.7. The number of hydrogen-bond donors (Lipinski definition) is 0. The molecule has 4 nitrogen and oxygen atoms in total. The molecule has 2 rings (SSSR count). The van der Waals surface area contributed by atoms with E-state index < -0.39 is 18.3 Å². The maximum Gasteiger partial charge on any atom is 0.466 e. The molecule has 0 aromatic heterocycles. The maximum atomic E-state index is 12.5. The van der Waals surface area contributed by atoms with Crippen molar-refractivity contribution in [1.82, 2.24) is 0 Å². The molecule has 27 heavy (non-hydrogen) atoms. The zero-order chi connectivity index (χ0) is 20.1. The molecule has 1 aliphatic carbocycles. The van der Waals surface area contributed by atoms with Crippen molar-refractivity contribution >= 4 is 13.1 Å². The van der Waals surface area contributed by atoms with Crippen LogP contribution in [-0.2, 0) is 18.8 Å². The van der Waals surface area contributed by atoms with Gasteiger partial charge in [0.25, 0.3) is 0 Å². The highest BCUT2D eigenvalue weighted by Gasteiger charge is 2.54. The van der Waals surface area contributed by atoms with E-state index in [9.17, 15) is 4.79 Å². The van der Waals surface area contributed by atoms with Gasteiger partial charge in [-0.3, -0.25) is 4.79 Å². The maximum absolute atomic E-state index is 12.5. The fourth-order valence-corrected chi connectivity index (χ4v) is 3.80. The second-order valence-corrected chi connectivity index (χ2v) is 8.83. The van der Waals surface area contributed by atoms with E-state index in [0.717, 1.165) is 31.3 Å². The van der Waals surface area contributed by atoms with E-state index in [4.69, 9.17) is 14.0 Å². The number of allylic oxidation sites excluding steroid dienone is 3. The molecule has 1 atom stereocenters. The van der Waals surface area contributed by atoms with E-state index >= 15 is 0 Å². The normalized spacial score (nSPS) is 22.4. The van der Waals surface area contributed by atoms with Crippen molar-refractivity contribution in [3.63, 3.8) is 0 Å². The van der Waals surface area contributed by atoms with Gasteiger partial charge in [0.05, 0.1) is 24.2 Å². The van der Waals surface area contributed by atoms with Crippen molar-refractivity contribution in [2.45, 2.75) is 103 Å². The van der Waals surface area contributed by atoms with Crippen molar-refractivity contribution in [3.8, 4) is 0 Å². The number of carbonyl (C=O) groups is 1. The fraction of sp³-hybridized carbons (Fsp3) is 0.773. The third kappa shape index (κ3) is 5.48. The van der Waals surface area contributed by atoms with Crippen LogP contribution in [0, 0.1) is 0 Å². The summed E-state index contributed by atoms with van der Waals surface area (Å²) in [5.74, 6) is -0.357. The third-order valence-corrected chi connectivity index (χ3v) is 6.23. The van der Waals surface area contributed by atoms with Crippen LogP contribution >= 0.6 is 0 Å². The highest BCUT2D eigenvalue weighted by molar-refractivity contribution is 6.49. The first kappa shape index (κ1) is 22.2. The van der Waals surface area contributed by atoms with Gasteiger partial charge in [-0.25, -0.2) is 0 Å². The summed E-state index contributed by atoms with van der Waals surface area (Å²) in [6.07, 6.45) is 9.89. The summed E-state index contributed by atoms with van der Waals surface area (Å²) in [6, 6.07) is 0. The Hall–Kier alpha value is -1.07. The second kappa shape index (κ2) is 9.42. The molecule has 0 spiro atoms. The van der Waals surface area contributed by atoms with Crippen LogP contribution in [0.25, 0.3) is 0 Å². The minimum absolute atomic E-state index is 0.175. The van der Waals surface area contributed by atoms with Gasteiger partial charge >= 0.3 is 13.1 Å². The van der Waals surface area contributed by atoms with E-state index in [1.165, 1.54) is 24.8 Å². The highest BCUT2D eigenvalue weighted by atomic mass is 16.7. The standard InChI is InChI=1S/C22H37BO4/c1-7-9-15-25-20(24)16-19(18(8-2)17-13-11-10-12-14-17)23-26-21(3,4)22(5,6)27-23/h8,19H,2,7,9-16H2,1,3-6H3. The molecule has 0 aromatic carbocycles. The topological polar surface area (TPSA) is 44.8 Å². The molecule has 1 aliphatic heterocycles. The minimum Gasteiger partial charge on any atom is -0.466 e. The third-order valence-electron chi connectivity index (χ3n) is 6.23. The molecule has 0 N–H and O–H groups in total. The Balaban J connectivity index is 2.25. The molecule has 1 saturated carbocycles. The molecule has 2 fully saturated rings. The molecule has 1 unspecified atom stereocenters. The number of hydrogen-bond acceptors (Lipinski definition) is 4.